The van der Waals surface area contributed by atoms with Crippen LogP contribution >= 0.6 is 27.5 Å². The van der Waals surface area contributed by atoms with Gasteiger partial charge in [-0.2, -0.15) is 0 Å². The van der Waals surface area contributed by atoms with Gasteiger partial charge >= 0.3 is 0 Å². The Bertz CT molecular complexity index is 611. The van der Waals surface area contributed by atoms with E-state index in [0.717, 1.165) is 22.8 Å². The summed E-state index contributed by atoms with van der Waals surface area (Å²) in [6, 6.07) is 6.24. The highest BCUT2D eigenvalue weighted by Gasteiger charge is 2.19. The molecule has 0 heterocycles. The van der Waals surface area contributed by atoms with Gasteiger partial charge in [-0.3, -0.25) is 0 Å². The Hall–Kier alpha value is -0.930. The van der Waals surface area contributed by atoms with Gasteiger partial charge in [-0.1, -0.05) is 33.6 Å². The third-order valence-electron chi connectivity index (χ3n) is 3.37. The molecular formula is C16H14BrClF2. The minimum Gasteiger partial charge on any atom is -0.207 e. The van der Waals surface area contributed by atoms with Crippen molar-refractivity contribution in [3.63, 3.8) is 0 Å². The van der Waals surface area contributed by atoms with Gasteiger partial charge in [0.15, 0.2) is 0 Å². The van der Waals surface area contributed by atoms with E-state index in [1.165, 1.54) is 6.07 Å². The Morgan fingerprint density at radius 1 is 0.850 bits per heavy atom. The van der Waals surface area contributed by atoms with E-state index in [9.17, 15) is 8.78 Å². The van der Waals surface area contributed by atoms with Crippen LogP contribution in [0.25, 0.3) is 0 Å². The van der Waals surface area contributed by atoms with Gasteiger partial charge in [-0.15, -0.1) is 0 Å². The Kier molecular flexibility index (Phi) is 4.50. The highest BCUT2D eigenvalue weighted by Crippen LogP contribution is 2.37. The first kappa shape index (κ1) is 15.5. The zero-order chi connectivity index (χ0) is 15.0. The molecule has 0 fully saturated rings. The number of hydrogen-bond acceptors (Lipinski definition) is 0. The molecule has 2 rings (SSSR count). The van der Waals surface area contributed by atoms with Crippen LogP contribution in [-0.4, -0.2) is 0 Å². The molecule has 0 bridgehead atoms. The summed E-state index contributed by atoms with van der Waals surface area (Å²) in [4.78, 5) is -0.335. The minimum absolute atomic E-state index is 0.335. The normalized spacial score (nSPS) is 12.6. The van der Waals surface area contributed by atoms with Gasteiger partial charge in [-0.05, 0) is 55.2 Å². The van der Waals surface area contributed by atoms with Crippen LogP contribution in [0.15, 0.2) is 24.3 Å². The van der Waals surface area contributed by atoms with Crippen molar-refractivity contribution in [2.75, 3.05) is 0 Å². The fourth-order valence-electron chi connectivity index (χ4n) is 2.12. The monoisotopic (exact) mass is 358 g/mol. The maximum atomic E-state index is 14.0. The summed E-state index contributed by atoms with van der Waals surface area (Å²) < 4.78 is 27.3. The highest BCUT2D eigenvalue weighted by atomic mass is 79.9. The number of alkyl halides is 1. The van der Waals surface area contributed by atoms with E-state index in [-0.39, 0.29) is 4.83 Å². The van der Waals surface area contributed by atoms with Gasteiger partial charge < -0.3 is 0 Å². The summed E-state index contributed by atoms with van der Waals surface area (Å²) in [5.41, 5.74) is 3.67. The van der Waals surface area contributed by atoms with Crippen molar-refractivity contribution >= 4 is 27.5 Å². The summed E-state index contributed by atoms with van der Waals surface area (Å²) in [7, 11) is 0. The van der Waals surface area contributed by atoms with Crippen molar-refractivity contribution in [3.05, 3.63) is 68.7 Å². The predicted octanol–water partition coefficient (Wildman–Crippen LogP) is 6.03. The predicted molar refractivity (Wildman–Crippen MR) is 82.8 cm³/mol. The Morgan fingerprint density at radius 3 is 2.10 bits per heavy atom. The van der Waals surface area contributed by atoms with Gasteiger partial charge in [0.05, 0.1) is 4.83 Å². The molecule has 0 aliphatic carbocycles. The maximum absolute atomic E-state index is 14.0. The maximum Gasteiger partial charge on any atom is 0.130 e. The van der Waals surface area contributed by atoms with E-state index in [0.29, 0.717) is 16.1 Å². The minimum atomic E-state index is -0.554. The molecule has 2 aromatic rings. The quantitative estimate of drug-likeness (QED) is 0.574. The molecule has 4 heteroatoms. The average molecular weight is 360 g/mol. The number of hydrogen-bond donors (Lipinski definition) is 0. The fraction of sp³-hybridized carbons (Fsp3) is 0.250. The van der Waals surface area contributed by atoms with Crippen LogP contribution in [0.4, 0.5) is 8.78 Å². The lowest BCUT2D eigenvalue weighted by atomic mass is 9.97. The van der Waals surface area contributed by atoms with Crippen molar-refractivity contribution in [2.45, 2.75) is 25.6 Å². The Labute approximate surface area is 130 Å². The van der Waals surface area contributed by atoms with Crippen molar-refractivity contribution in [3.8, 4) is 0 Å². The van der Waals surface area contributed by atoms with Crippen LogP contribution in [0.3, 0.4) is 0 Å². The van der Waals surface area contributed by atoms with Gasteiger partial charge in [0.25, 0.3) is 0 Å². The fourth-order valence-corrected chi connectivity index (χ4v) is 3.18. The zero-order valence-electron chi connectivity index (χ0n) is 11.4. The van der Waals surface area contributed by atoms with Crippen molar-refractivity contribution in [2.24, 2.45) is 0 Å². The van der Waals surface area contributed by atoms with Gasteiger partial charge in [0, 0.05) is 16.7 Å². The van der Waals surface area contributed by atoms with Crippen LogP contribution in [0.5, 0.6) is 0 Å². The van der Waals surface area contributed by atoms with Crippen LogP contribution < -0.4 is 0 Å². The van der Waals surface area contributed by atoms with Gasteiger partial charge in [0.1, 0.15) is 11.6 Å². The van der Waals surface area contributed by atoms with E-state index < -0.39 is 11.6 Å². The lowest BCUT2D eigenvalue weighted by Crippen LogP contribution is -2.02. The standard InChI is InChI=1S/C16H14BrClF2/c1-8-6-13(18)9(2)4-11(8)16(17)12-5-10(3)14(19)7-15(12)20/h4-7,16H,1-3H3. The van der Waals surface area contributed by atoms with E-state index in [1.54, 1.807) is 6.92 Å². The molecule has 0 aliphatic rings. The molecule has 1 unspecified atom stereocenters. The second kappa shape index (κ2) is 5.82. The van der Waals surface area contributed by atoms with Crippen LogP contribution in [0.2, 0.25) is 5.02 Å². The van der Waals surface area contributed by atoms with Crippen molar-refractivity contribution in [1.29, 1.82) is 0 Å². The summed E-state index contributed by atoms with van der Waals surface area (Å²) in [5, 5.41) is 0.682. The molecule has 0 saturated carbocycles. The SMILES string of the molecule is Cc1cc(C(Br)c2cc(C)c(Cl)cc2C)c(F)cc1F. The van der Waals surface area contributed by atoms with E-state index >= 15 is 0 Å². The molecule has 0 radical (unpaired) electrons. The first-order valence-corrected chi connectivity index (χ1v) is 7.47. The molecule has 0 N–H and O–H groups in total. The van der Waals surface area contributed by atoms with Gasteiger partial charge in [0.2, 0.25) is 0 Å². The number of benzene rings is 2. The smallest absolute Gasteiger partial charge is 0.130 e. The third kappa shape index (κ3) is 2.89. The molecular weight excluding hydrogens is 346 g/mol. The Balaban J connectivity index is 2.54. The second-order valence-electron chi connectivity index (χ2n) is 4.94. The summed E-state index contributed by atoms with van der Waals surface area (Å²) in [5.74, 6) is -1.09. The lowest BCUT2D eigenvalue weighted by Gasteiger charge is -2.17. The molecule has 20 heavy (non-hydrogen) atoms. The first-order valence-electron chi connectivity index (χ1n) is 6.17. The largest absolute Gasteiger partial charge is 0.207 e. The molecule has 106 valence electrons. The molecule has 0 amide bonds. The number of aryl methyl sites for hydroxylation is 3. The number of rotatable bonds is 2. The van der Waals surface area contributed by atoms with E-state index in [4.69, 9.17) is 11.6 Å². The molecule has 0 aromatic heterocycles. The number of halogens is 4. The van der Waals surface area contributed by atoms with Gasteiger partial charge in [-0.25, -0.2) is 8.78 Å². The first-order chi connectivity index (χ1) is 9.31. The molecule has 0 saturated heterocycles. The zero-order valence-corrected chi connectivity index (χ0v) is 13.7. The summed E-state index contributed by atoms with van der Waals surface area (Å²) in [6.07, 6.45) is 0. The topological polar surface area (TPSA) is 0 Å². The molecule has 1 atom stereocenters. The van der Waals surface area contributed by atoms with Crippen molar-refractivity contribution in [1.82, 2.24) is 0 Å². The van der Waals surface area contributed by atoms with E-state index in [2.05, 4.69) is 15.9 Å². The highest BCUT2D eigenvalue weighted by molar-refractivity contribution is 9.09. The summed E-state index contributed by atoms with van der Waals surface area (Å²) in [6.45, 7) is 5.44. The molecule has 0 aliphatic heterocycles. The molecule has 0 nitrogen and oxygen atoms in total. The molecule has 0 spiro atoms. The average Bonchev–Trinajstić information content (AvgIpc) is 2.37. The Morgan fingerprint density at radius 2 is 1.45 bits per heavy atom. The lowest BCUT2D eigenvalue weighted by molar-refractivity contribution is 0.569. The second-order valence-corrected chi connectivity index (χ2v) is 6.27. The van der Waals surface area contributed by atoms with E-state index in [1.807, 2.05) is 26.0 Å². The van der Waals surface area contributed by atoms with Crippen molar-refractivity contribution < 1.29 is 8.78 Å². The summed E-state index contributed by atoms with van der Waals surface area (Å²) >= 11 is 9.58. The van der Waals surface area contributed by atoms with Crippen LogP contribution in [-0.2, 0) is 0 Å². The van der Waals surface area contributed by atoms with Crippen LogP contribution in [0.1, 0.15) is 32.6 Å². The van der Waals surface area contributed by atoms with Crippen LogP contribution in [0, 0.1) is 32.4 Å². The third-order valence-corrected chi connectivity index (χ3v) is 4.77. The molecule has 2 aromatic carbocycles.